The molecule has 3 rings (SSSR count). The fourth-order valence-corrected chi connectivity index (χ4v) is 2.50. The Morgan fingerprint density at radius 2 is 2.38 bits per heavy atom. The normalized spacial score (nSPS) is 14.1. The van der Waals surface area contributed by atoms with E-state index in [2.05, 4.69) is 25.1 Å². The molecule has 2 aromatic heterocycles. The minimum Gasteiger partial charge on any atom is -0.395 e. The third-order valence-electron chi connectivity index (χ3n) is 3.01. The van der Waals surface area contributed by atoms with Crippen LogP contribution in [0.2, 0.25) is 0 Å². The molecule has 8 nitrogen and oxygen atoms in total. The van der Waals surface area contributed by atoms with Crippen LogP contribution in [0.15, 0.2) is 12.4 Å². The standard InChI is InChI=1S/C12H16N6O2S/c19-4-3-13-10(20)7-18-6-9(5-14-18)15-12-16-11(17-21-12)8-1-2-8/h5-6,8,19H,1-4,7H2,(H,13,20)(H,15,16,17). The first-order valence-corrected chi connectivity index (χ1v) is 7.52. The number of aromatic nitrogens is 4. The van der Waals surface area contributed by atoms with Crippen molar-refractivity contribution in [2.24, 2.45) is 0 Å². The summed E-state index contributed by atoms with van der Waals surface area (Å²) in [7, 11) is 0. The molecule has 9 heteroatoms. The Bertz CT molecular complexity index is 621. The third kappa shape index (κ3) is 3.76. The molecular weight excluding hydrogens is 292 g/mol. The number of hydrogen-bond acceptors (Lipinski definition) is 7. The summed E-state index contributed by atoms with van der Waals surface area (Å²) in [5.74, 6) is 1.26. The number of nitrogens with zero attached hydrogens (tertiary/aromatic N) is 4. The van der Waals surface area contributed by atoms with Gasteiger partial charge in [0.2, 0.25) is 11.0 Å². The largest absolute Gasteiger partial charge is 0.395 e. The second-order valence-corrected chi connectivity index (χ2v) is 5.61. The highest BCUT2D eigenvalue weighted by molar-refractivity contribution is 7.09. The van der Waals surface area contributed by atoms with Gasteiger partial charge in [0.05, 0.1) is 18.5 Å². The fourth-order valence-electron chi connectivity index (χ4n) is 1.83. The zero-order valence-corrected chi connectivity index (χ0v) is 12.1. The van der Waals surface area contributed by atoms with Crippen LogP contribution in [0.5, 0.6) is 0 Å². The number of amides is 1. The molecule has 0 bridgehead atoms. The van der Waals surface area contributed by atoms with Gasteiger partial charge in [-0.15, -0.1) is 0 Å². The van der Waals surface area contributed by atoms with Crippen molar-refractivity contribution in [3.05, 3.63) is 18.2 Å². The molecule has 21 heavy (non-hydrogen) atoms. The highest BCUT2D eigenvalue weighted by atomic mass is 32.1. The highest BCUT2D eigenvalue weighted by Crippen LogP contribution is 2.39. The van der Waals surface area contributed by atoms with E-state index in [-0.39, 0.29) is 25.6 Å². The van der Waals surface area contributed by atoms with Gasteiger partial charge in [-0.05, 0) is 12.8 Å². The van der Waals surface area contributed by atoms with Gasteiger partial charge in [0, 0.05) is 30.2 Å². The van der Waals surface area contributed by atoms with Crippen molar-refractivity contribution in [3.63, 3.8) is 0 Å². The van der Waals surface area contributed by atoms with E-state index in [1.54, 1.807) is 12.4 Å². The molecule has 1 aliphatic rings. The first kappa shape index (κ1) is 14.0. The minimum atomic E-state index is -0.189. The Labute approximate surface area is 125 Å². The van der Waals surface area contributed by atoms with E-state index in [1.165, 1.54) is 29.1 Å². The Hall–Kier alpha value is -2.00. The number of carbonyl (C=O) groups excluding carboxylic acids is 1. The lowest BCUT2D eigenvalue weighted by Crippen LogP contribution is -2.30. The fraction of sp³-hybridized carbons (Fsp3) is 0.500. The molecule has 1 amide bonds. The molecule has 1 fully saturated rings. The van der Waals surface area contributed by atoms with Gasteiger partial charge in [0.15, 0.2) is 0 Å². The smallest absolute Gasteiger partial charge is 0.241 e. The van der Waals surface area contributed by atoms with Crippen molar-refractivity contribution < 1.29 is 9.90 Å². The van der Waals surface area contributed by atoms with Crippen LogP contribution in [-0.4, -0.2) is 43.3 Å². The van der Waals surface area contributed by atoms with E-state index < -0.39 is 0 Å². The van der Waals surface area contributed by atoms with Gasteiger partial charge in [-0.25, -0.2) is 4.98 Å². The van der Waals surface area contributed by atoms with Crippen LogP contribution in [0.3, 0.4) is 0 Å². The summed E-state index contributed by atoms with van der Waals surface area (Å²) < 4.78 is 5.84. The van der Waals surface area contributed by atoms with Crippen LogP contribution >= 0.6 is 11.5 Å². The average molecular weight is 308 g/mol. The van der Waals surface area contributed by atoms with E-state index in [0.717, 1.165) is 16.6 Å². The maximum absolute atomic E-state index is 11.5. The predicted molar refractivity (Wildman–Crippen MR) is 77.5 cm³/mol. The molecule has 2 heterocycles. The topological polar surface area (TPSA) is 105 Å². The quantitative estimate of drug-likeness (QED) is 0.686. The second-order valence-electron chi connectivity index (χ2n) is 4.86. The van der Waals surface area contributed by atoms with Gasteiger partial charge in [-0.2, -0.15) is 9.47 Å². The average Bonchev–Trinajstić information content (AvgIpc) is 3.07. The summed E-state index contributed by atoms with van der Waals surface area (Å²) in [4.78, 5) is 15.9. The Kier molecular flexibility index (Phi) is 4.11. The Balaban J connectivity index is 1.55. The zero-order valence-electron chi connectivity index (χ0n) is 11.3. The van der Waals surface area contributed by atoms with E-state index in [1.807, 2.05) is 0 Å². The van der Waals surface area contributed by atoms with E-state index in [4.69, 9.17) is 5.11 Å². The Morgan fingerprint density at radius 3 is 3.14 bits per heavy atom. The zero-order chi connectivity index (χ0) is 14.7. The van der Waals surface area contributed by atoms with Gasteiger partial charge in [0.25, 0.3) is 0 Å². The van der Waals surface area contributed by atoms with Crippen LogP contribution in [0.1, 0.15) is 24.6 Å². The summed E-state index contributed by atoms with van der Waals surface area (Å²) >= 11 is 1.33. The number of hydrogen-bond donors (Lipinski definition) is 3. The van der Waals surface area contributed by atoms with E-state index >= 15 is 0 Å². The molecular formula is C12H16N6O2S. The molecule has 0 saturated heterocycles. The highest BCUT2D eigenvalue weighted by Gasteiger charge is 2.27. The lowest BCUT2D eigenvalue weighted by Gasteiger charge is -2.02. The van der Waals surface area contributed by atoms with Crippen LogP contribution in [0.25, 0.3) is 0 Å². The molecule has 112 valence electrons. The minimum absolute atomic E-state index is 0.0714. The molecule has 2 aromatic rings. The van der Waals surface area contributed by atoms with Gasteiger partial charge in [-0.1, -0.05) is 0 Å². The molecule has 1 saturated carbocycles. The number of rotatable bonds is 7. The van der Waals surface area contributed by atoms with Crippen molar-refractivity contribution in [1.82, 2.24) is 24.5 Å². The van der Waals surface area contributed by atoms with Crippen LogP contribution in [0.4, 0.5) is 10.8 Å². The summed E-state index contributed by atoms with van der Waals surface area (Å²) in [6.07, 6.45) is 5.72. The first-order valence-electron chi connectivity index (χ1n) is 6.75. The van der Waals surface area contributed by atoms with Gasteiger partial charge in [-0.3, -0.25) is 9.48 Å². The molecule has 0 atom stereocenters. The van der Waals surface area contributed by atoms with Gasteiger partial charge < -0.3 is 15.7 Å². The summed E-state index contributed by atoms with van der Waals surface area (Å²) in [6.45, 7) is 0.295. The van der Waals surface area contributed by atoms with Crippen LogP contribution in [-0.2, 0) is 11.3 Å². The van der Waals surface area contributed by atoms with E-state index in [9.17, 15) is 4.79 Å². The lowest BCUT2D eigenvalue weighted by molar-refractivity contribution is -0.122. The molecule has 0 aromatic carbocycles. The summed E-state index contributed by atoms with van der Waals surface area (Å²) in [5, 5.41) is 19.2. The molecule has 0 radical (unpaired) electrons. The molecule has 0 spiro atoms. The van der Waals surface area contributed by atoms with E-state index in [0.29, 0.717) is 5.92 Å². The van der Waals surface area contributed by atoms with Crippen molar-refractivity contribution in [1.29, 1.82) is 0 Å². The molecule has 1 aliphatic carbocycles. The molecule has 3 N–H and O–H groups in total. The monoisotopic (exact) mass is 308 g/mol. The molecule has 0 aliphatic heterocycles. The second kappa shape index (κ2) is 6.19. The predicted octanol–water partition coefficient (Wildman–Crippen LogP) is 0.464. The number of aliphatic hydroxyl groups excluding tert-OH is 1. The maximum Gasteiger partial charge on any atom is 0.241 e. The third-order valence-corrected chi connectivity index (χ3v) is 3.65. The summed E-state index contributed by atoms with van der Waals surface area (Å²) in [5.41, 5.74) is 0.767. The SMILES string of the molecule is O=C(Cn1cc(Nc2nc(C3CC3)ns2)cn1)NCCO. The summed E-state index contributed by atoms with van der Waals surface area (Å²) in [6, 6.07) is 0. The number of aliphatic hydroxyl groups is 1. The first-order chi connectivity index (χ1) is 10.2. The van der Waals surface area contributed by atoms with Crippen molar-refractivity contribution in [2.75, 3.05) is 18.5 Å². The maximum atomic E-state index is 11.5. The van der Waals surface area contributed by atoms with Crippen molar-refractivity contribution in [3.8, 4) is 0 Å². The lowest BCUT2D eigenvalue weighted by atomic mass is 10.4. The molecule has 0 unspecified atom stereocenters. The number of anilines is 2. The van der Waals surface area contributed by atoms with Gasteiger partial charge in [0.1, 0.15) is 12.4 Å². The number of nitrogens with one attached hydrogen (secondary N) is 2. The van der Waals surface area contributed by atoms with Crippen molar-refractivity contribution >= 4 is 28.3 Å². The number of carbonyl (C=O) groups is 1. The Morgan fingerprint density at radius 1 is 1.52 bits per heavy atom. The van der Waals surface area contributed by atoms with Gasteiger partial charge >= 0.3 is 0 Å². The van der Waals surface area contributed by atoms with Crippen LogP contribution < -0.4 is 10.6 Å². The van der Waals surface area contributed by atoms with Crippen LogP contribution in [0, 0.1) is 0 Å². The van der Waals surface area contributed by atoms with Crippen molar-refractivity contribution in [2.45, 2.75) is 25.3 Å².